The van der Waals surface area contributed by atoms with Gasteiger partial charge in [-0.2, -0.15) is 0 Å². The van der Waals surface area contributed by atoms with Gasteiger partial charge in [-0.05, 0) is 20.8 Å². The Bertz CT molecular complexity index is 273. The van der Waals surface area contributed by atoms with E-state index in [1.54, 1.807) is 0 Å². The average Bonchev–Trinajstić information content (AvgIpc) is 2.13. The number of amides is 1. The minimum atomic E-state index is -0.405. The number of hydrogen-bond donors (Lipinski definition) is 1. The first-order valence-corrected chi connectivity index (χ1v) is 5.02. The van der Waals surface area contributed by atoms with Gasteiger partial charge >= 0.3 is 0 Å². The molecule has 3 heteroatoms. The van der Waals surface area contributed by atoms with Crippen molar-refractivity contribution in [3.05, 3.63) is 0 Å². The zero-order chi connectivity index (χ0) is 10.6. The fourth-order valence-electron chi connectivity index (χ4n) is 1.61. The van der Waals surface area contributed by atoms with E-state index >= 15 is 0 Å². The molecule has 1 aliphatic rings. The highest BCUT2D eigenvalue weighted by molar-refractivity contribution is 5.86. The first-order chi connectivity index (χ1) is 6.58. The SMILES string of the molecule is CC#CCCN1CCNC(C)(C)C1=O. The van der Waals surface area contributed by atoms with Gasteiger partial charge in [-0.1, -0.05) is 0 Å². The maximum absolute atomic E-state index is 11.9. The second-order valence-corrected chi connectivity index (χ2v) is 4.02. The standard InChI is InChI=1S/C11H18N2O/c1-4-5-6-8-13-9-7-12-11(2,3)10(13)14/h12H,6-9H2,1-3H3. The topological polar surface area (TPSA) is 32.3 Å². The fourth-order valence-corrected chi connectivity index (χ4v) is 1.61. The van der Waals surface area contributed by atoms with Crippen LogP contribution in [0.4, 0.5) is 0 Å². The van der Waals surface area contributed by atoms with Crippen molar-refractivity contribution in [3.63, 3.8) is 0 Å². The van der Waals surface area contributed by atoms with Gasteiger partial charge in [0.1, 0.15) is 0 Å². The molecule has 0 aromatic rings. The maximum Gasteiger partial charge on any atom is 0.242 e. The smallest absolute Gasteiger partial charge is 0.242 e. The highest BCUT2D eigenvalue weighted by Gasteiger charge is 2.34. The van der Waals surface area contributed by atoms with Crippen molar-refractivity contribution in [2.45, 2.75) is 32.7 Å². The Morgan fingerprint density at radius 3 is 2.93 bits per heavy atom. The van der Waals surface area contributed by atoms with Crippen molar-refractivity contribution in [1.29, 1.82) is 0 Å². The average molecular weight is 194 g/mol. The van der Waals surface area contributed by atoms with E-state index in [-0.39, 0.29) is 5.91 Å². The molecule has 1 N–H and O–H groups in total. The zero-order valence-electron chi connectivity index (χ0n) is 9.18. The first kappa shape index (κ1) is 11.1. The summed E-state index contributed by atoms with van der Waals surface area (Å²) in [5, 5.41) is 3.20. The van der Waals surface area contributed by atoms with E-state index in [0.29, 0.717) is 0 Å². The van der Waals surface area contributed by atoms with Crippen LogP contribution in [-0.2, 0) is 4.79 Å². The molecular formula is C11H18N2O. The lowest BCUT2D eigenvalue weighted by molar-refractivity contribution is -0.139. The van der Waals surface area contributed by atoms with Crippen LogP contribution in [0.2, 0.25) is 0 Å². The zero-order valence-corrected chi connectivity index (χ0v) is 9.18. The Labute approximate surface area is 85.9 Å². The van der Waals surface area contributed by atoms with Crippen LogP contribution in [0.25, 0.3) is 0 Å². The van der Waals surface area contributed by atoms with Gasteiger partial charge in [0.15, 0.2) is 0 Å². The molecule has 78 valence electrons. The van der Waals surface area contributed by atoms with Crippen LogP contribution < -0.4 is 5.32 Å². The quantitative estimate of drug-likeness (QED) is 0.653. The van der Waals surface area contributed by atoms with Crippen LogP contribution in [0, 0.1) is 11.8 Å². The summed E-state index contributed by atoms with van der Waals surface area (Å²) in [5.74, 6) is 6.00. The van der Waals surface area contributed by atoms with Crippen LogP contribution >= 0.6 is 0 Å². The molecule has 0 radical (unpaired) electrons. The lowest BCUT2D eigenvalue weighted by Gasteiger charge is -2.37. The molecule has 3 nitrogen and oxygen atoms in total. The molecule has 1 fully saturated rings. The number of rotatable bonds is 2. The van der Waals surface area contributed by atoms with Crippen LogP contribution in [0.15, 0.2) is 0 Å². The number of nitrogens with zero attached hydrogens (tertiary/aromatic N) is 1. The van der Waals surface area contributed by atoms with E-state index in [0.717, 1.165) is 26.1 Å². The summed E-state index contributed by atoms with van der Waals surface area (Å²) in [4.78, 5) is 13.7. The predicted molar refractivity (Wildman–Crippen MR) is 56.7 cm³/mol. The Morgan fingerprint density at radius 1 is 1.57 bits per heavy atom. The molecule has 0 spiro atoms. The second-order valence-electron chi connectivity index (χ2n) is 4.02. The molecule has 0 aliphatic carbocycles. The summed E-state index contributed by atoms with van der Waals surface area (Å²) in [6.07, 6.45) is 0.776. The summed E-state index contributed by atoms with van der Waals surface area (Å²) >= 11 is 0. The van der Waals surface area contributed by atoms with Crippen molar-refractivity contribution < 1.29 is 4.79 Å². The molecule has 1 amide bonds. The van der Waals surface area contributed by atoms with E-state index in [9.17, 15) is 4.79 Å². The van der Waals surface area contributed by atoms with Crippen LogP contribution in [0.1, 0.15) is 27.2 Å². The molecule has 0 unspecified atom stereocenters. The van der Waals surface area contributed by atoms with Crippen LogP contribution in [0.3, 0.4) is 0 Å². The molecule has 1 saturated heterocycles. The molecule has 1 aliphatic heterocycles. The lowest BCUT2D eigenvalue weighted by Crippen LogP contribution is -2.61. The summed E-state index contributed by atoms with van der Waals surface area (Å²) in [7, 11) is 0. The van der Waals surface area contributed by atoms with Crippen LogP contribution in [-0.4, -0.2) is 36.0 Å². The van der Waals surface area contributed by atoms with Gasteiger partial charge < -0.3 is 10.2 Å². The number of carbonyl (C=O) groups excluding carboxylic acids is 1. The minimum Gasteiger partial charge on any atom is -0.339 e. The van der Waals surface area contributed by atoms with Crippen molar-refractivity contribution in [2.75, 3.05) is 19.6 Å². The van der Waals surface area contributed by atoms with Gasteiger partial charge in [0, 0.05) is 26.1 Å². The summed E-state index contributed by atoms with van der Waals surface area (Å²) in [6, 6.07) is 0. The van der Waals surface area contributed by atoms with Gasteiger partial charge in [-0.25, -0.2) is 0 Å². The van der Waals surface area contributed by atoms with Gasteiger partial charge in [-0.3, -0.25) is 4.79 Å². The van der Waals surface area contributed by atoms with E-state index in [4.69, 9.17) is 0 Å². The molecule has 0 saturated carbocycles. The Morgan fingerprint density at radius 2 is 2.29 bits per heavy atom. The fraction of sp³-hybridized carbons (Fsp3) is 0.727. The predicted octanol–water partition coefficient (Wildman–Crippen LogP) is 0.610. The molecule has 1 heterocycles. The van der Waals surface area contributed by atoms with Crippen molar-refractivity contribution in [3.8, 4) is 11.8 Å². The number of piperazine rings is 1. The van der Waals surface area contributed by atoms with Gasteiger partial charge in [0.25, 0.3) is 0 Å². The minimum absolute atomic E-state index is 0.182. The largest absolute Gasteiger partial charge is 0.339 e. The molecule has 0 bridgehead atoms. The molecule has 0 atom stereocenters. The maximum atomic E-state index is 11.9. The summed E-state index contributed by atoms with van der Waals surface area (Å²) in [6.45, 7) is 8.10. The van der Waals surface area contributed by atoms with E-state index in [2.05, 4.69) is 17.2 Å². The van der Waals surface area contributed by atoms with Crippen molar-refractivity contribution in [1.82, 2.24) is 10.2 Å². The normalized spacial score (nSPS) is 20.2. The highest BCUT2D eigenvalue weighted by Crippen LogP contribution is 2.12. The molecule has 0 aromatic heterocycles. The number of hydrogen-bond acceptors (Lipinski definition) is 2. The highest BCUT2D eigenvalue weighted by atomic mass is 16.2. The number of carbonyl (C=O) groups is 1. The van der Waals surface area contributed by atoms with Gasteiger partial charge in [0.2, 0.25) is 5.91 Å². The summed E-state index contributed by atoms with van der Waals surface area (Å²) < 4.78 is 0. The van der Waals surface area contributed by atoms with E-state index < -0.39 is 5.54 Å². The third-order valence-electron chi connectivity index (χ3n) is 2.45. The third kappa shape index (κ3) is 2.49. The second kappa shape index (κ2) is 4.47. The van der Waals surface area contributed by atoms with E-state index in [1.165, 1.54) is 0 Å². The van der Waals surface area contributed by atoms with Gasteiger partial charge in [-0.15, -0.1) is 11.8 Å². The molecule has 0 aromatic carbocycles. The van der Waals surface area contributed by atoms with Gasteiger partial charge in [0.05, 0.1) is 5.54 Å². The molecule has 14 heavy (non-hydrogen) atoms. The van der Waals surface area contributed by atoms with E-state index in [1.807, 2.05) is 25.7 Å². The Balaban J connectivity index is 2.51. The van der Waals surface area contributed by atoms with Crippen LogP contribution in [0.5, 0.6) is 0 Å². The Kier molecular flexibility index (Phi) is 3.54. The molecule has 1 rings (SSSR count). The third-order valence-corrected chi connectivity index (χ3v) is 2.45. The van der Waals surface area contributed by atoms with Crippen molar-refractivity contribution in [2.24, 2.45) is 0 Å². The Hall–Kier alpha value is -1.01. The number of nitrogens with one attached hydrogen (secondary N) is 1. The molecular weight excluding hydrogens is 176 g/mol. The van der Waals surface area contributed by atoms with Crippen molar-refractivity contribution >= 4 is 5.91 Å². The summed E-state index contributed by atoms with van der Waals surface area (Å²) in [5.41, 5.74) is -0.405. The first-order valence-electron chi connectivity index (χ1n) is 5.02. The lowest BCUT2D eigenvalue weighted by atomic mass is 10.0. The monoisotopic (exact) mass is 194 g/mol.